The molecule has 146 valence electrons. The number of nitrogens with zero attached hydrogens (tertiary/aromatic N) is 5. The van der Waals surface area contributed by atoms with Crippen molar-refractivity contribution in [3.8, 4) is 0 Å². The maximum absolute atomic E-state index is 12.5. The van der Waals surface area contributed by atoms with Crippen molar-refractivity contribution in [3.63, 3.8) is 0 Å². The molecular weight excluding hydrogens is 376 g/mol. The average molecular weight is 397 g/mol. The van der Waals surface area contributed by atoms with Crippen LogP contribution >= 0.6 is 0 Å². The number of sulfonamides is 1. The van der Waals surface area contributed by atoms with E-state index in [0.29, 0.717) is 0 Å². The van der Waals surface area contributed by atoms with Gasteiger partial charge < -0.3 is 15.0 Å². The maximum Gasteiger partial charge on any atom is 0.612 e. The molecule has 12 heteroatoms. The highest BCUT2D eigenvalue weighted by molar-refractivity contribution is 7.85. The van der Waals surface area contributed by atoms with E-state index in [9.17, 15) is 23.2 Å². The minimum absolute atomic E-state index is 0.0261. The first-order chi connectivity index (χ1) is 12.5. The number of rotatable bonds is 4. The minimum atomic E-state index is -4.70. The Morgan fingerprint density at radius 1 is 1.19 bits per heavy atom. The number of anilines is 1. The quantitative estimate of drug-likeness (QED) is 0.477. The minimum Gasteiger partial charge on any atom is -0.605 e. The van der Waals surface area contributed by atoms with Gasteiger partial charge in [0.25, 0.3) is 5.91 Å². The molecule has 0 spiro atoms. The monoisotopic (exact) mass is 397 g/mol. The van der Waals surface area contributed by atoms with Crippen LogP contribution in [-0.4, -0.2) is 63.2 Å². The zero-order valence-corrected chi connectivity index (χ0v) is 16.4. The highest BCUT2D eigenvalue weighted by atomic mass is 32.2. The van der Waals surface area contributed by atoms with Gasteiger partial charge in [0, 0.05) is 59.1 Å². The molecule has 27 heavy (non-hydrogen) atoms. The van der Waals surface area contributed by atoms with Gasteiger partial charge in [-0.15, -0.1) is 4.47 Å². The fraction of sp³-hybridized carbons (Fsp3) is 0.333. The number of carbonyl (C=O) groups is 2. The predicted molar refractivity (Wildman–Crippen MR) is 94.5 cm³/mol. The normalized spacial score (nSPS) is 12.5. The SMILES string of the molecule is CN(C)C(=O)c1cc(S(=O)(=O)[NH+]([O-])C(=O)[n+]2ccc(N(C)C)cc2)nn1C. The third-order valence-corrected chi connectivity index (χ3v) is 5.15. The lowest BCUT2D eigenvalue weighted by molar-refractivity contribution is -0.739. The first-order valence-corrected chi connectivity index (χ1v) is 9.23. The van der Waals surface area contributed by atoms with Gasteiger partial charge in [-0.1, -0.05) is 4.57 Å². The highest BCUT2D eigenvalue weighted by Crippen LogP contribution is 2.09. The molecule has 0 fully saturated rings. The number of hydrogen-bond donors (Lipinski definition) is 1. The molecule has 2 aromatic rings. The molecule has 2 heterocycles. The Labute approximate surface area is 156 Å². The molecule has 0 aromatic carbocycles. The number of hydrogen-bond acceptors (Lipinski definition) is 7. The largest absolute Gasteiger partial charge is 0.612 e. The number of pyridine rings is 1. The van der Waals surface area contributed by atoms with E-state index in [1.807, 2.05) is 0 Å². The van der Waals surface area contributed by atoms with E-state index in [2.05, 4.69) is 5.10 Å². The summed E-state index contributed by atoms with van der Waals surface area (Å²) in [5, 5.41) is 15.4. The van der Waals surface area contributed by atoms with E-state index in [1.54, 1.807) is 31.1 Å². The first kappa shape index (κ1) is 20.5. The van der Waals surface area contributed by atoms with Crippen molar-refractivity contribution in [1.29, 1.82) is 0 Å². The van der Waals surface area contributed by atoms with E-state index in [4.69, 9.17) is 0 Å². The molecule has 2 aromatic heterocycles. The molecular formula is C15H21N6O5S+. The van der Waals surface area contributed by atoms with E-state index in [-0.39, 0.29) is 5.69 Å². The Kier molecular flexibility index (Phi) is 5.63. The number of nitrogens with one attached hydrogen (secondary N) is 1. The van der Waals surface area contributed by atoms with Crippen molar-refractivity contribution in [2.24, 2.45) is 7.05 Å². The zero-order chi connectivity index (χ0) is 20.5. The van der Waals surface area contributed by atoms with Crippen molar-refractivity contribution in [2.75, 3.05) is 33.1 Å². The maximum atomic E-state index is 12.5. The molecule has 1 unspecified atom stereocenters. The van der Waals surface area contributed by atoms with Crippen molar-refractivity contribution in [3.05, 3.63) is 41.5 Å². The molecule has 0 saturated heterocycles. The van der Waals surface area contributed by atoms with E-state index in [1.165, 1.54) is 38.4 Å². The van der Waals surface area contributed by atoms with Crippen LogP contribution in [0.5, 0.6) is 0 Å². The Balaban J connectivity index is 2.34. The summed E-state index contributed by atoms with van der Waals surface area (Å²) >= 11 is 0. The molecule has 1 atom stereocenters. The second-order valence-corrected chi connectivity index (χ2v) is 7.94. The van der Waals surface area contributed by atoms with Gasteiger partial charge in [-0.3, -0.25) is 9.48 Å². The smallest absolute Gasteiger partial charge is 0.605 e. The van der Waals surface area contributed by atoms with Gasteiger partial charge in [0.15, 0.2) is 12.4 Å². The van der Waals surface area contributed by atoms with Gasteiger partial charge in [0.2, 0.25) is 5.03 Å². The predicted octanol–water partition coefficient (Wildman–Crippen LogP) is -1.78. The van der Waals surface area contributed by atoms with Gasteiger partial charge >= 0.3 is 16.1 Å². The Morgan fingerprint density at radius 2 is 1.74 bits per heavy atom. The van der Waals surface area contributed by atoms with E-state index < -0.39 is 31.5 Å². The van der Waals surface area contributed by atoms with Gasteiger partial charge in [-0.05, 0) is 0 Å². The molecule has 11 nitrogen and oxygen atoms in total. The van der Waals surface area contributed by atoms with Crippen molar-refractivity contribution >= 4 is 27.6 Å². The number of hydroxylamine groups is 1. The third kappa shape index (κ3) is 3.97. The molecule has 0 radical (unpaired) electrons. The fourth-order valence-electron chi connectivity index (χ4n) is 2.17. The Hall–Kier alpha value is -2.83. The topological polar surface area (TPSA) is 124 Å². The summed E-state index contributed by atoms with van der Waals surface area (Å²) in [6.07, 6.45) is 2.59. The van der Waals surface area contributed by atoms with Crippen molar-refractivity contribution in [1.82, 2.24) is 14.7 Å². The first-order valence-electron chi connectivity index (χ1n) is 7.75. The Bertz CT molecular complexity index is 965. The van der Waals surface area contributed by atoms with Crippen LogP contribution in [0.4, 0.5) is 10.5 Å². The zero-order valence-electron chi connectivity index (χ0n) is 15.6. The fourth-order valence-corrected chi connectivity index (χ4v) is 3.19. The molecule has 1 N–H and O–H groups in total. The standard InChI is InChI=1S/C15H21N6O5S/c1-17(2)11-6-8-20(9-7-11)15(23)21(24)27(25,26)13-10-12(19(5)16-13)14(22)18(3)4/h6-10,21H,1-5H3/q+1. The van der Waals surface area contributed by atoms with Crippen LogP contribution in [0.25, 0.3) is 0 Å². The summed E-state index contributed by atoms with van der Waals surface area (Å²) in [7, 11) is 3.25. The lowest BCUT2D eigenvalue weighted by Gasteiger charge is -2.13. The number of aryl methyl sites for hydroxylation is 1. The lowest BCUT2D eigenvalue weighted by Crippen LogP contribution is -3.15. The number of quaternary nitrogens is 1. The molecule has 0 bridgehead atoms. The highest BCUT2D eigenvalue weighted by Gasteiger charge is 2.38. The van der Waals surface area contributed by atoms with E-state index >= 15 is 0 Å². The van der Waals surface area contributed by atoms with Crippen LogP contribution in [0, 0.1) is 5.21 Å². The van der Waals surface area contributed by atoms with Crippen LogP contribution in [0.2, 0.25) is 0 Å². The van der Waals surface area contributed by atoms with Crippen LogP contribution in [0.15, 0.2) is 35.6 Å². The summed E-state index contributed by atoms with van der Waals surface area (Å²) in [6, 6.07) is 2.85. The number of amides is 2. The van der Waals surface area contributed by atoms with Gasteiger partial charge in [0.05, 0.1) is 0 Å². The second kappa shape index (κ2) is 7.42. The summed E-state index contributed by atoms with van der Waals surface area (Å²) in [4.78, 5) is 27.3. The van der Waals surface area contributed by atoms with Gasteiger partial charge in [-0.25, -0.2) is 0 Å². The van der Waals surface area contributed by atoms with Crippen molar-refractivity contribution in [2.45, 2.75) is 5.03 Å². The molecule has 0 saturated carbocycles. The van der Waals surface area contributed by atoms with Crippen LogP contribution in [-0.2, 0) is 17.1 Å². The van der Waals surface area contributed by atoms with Crippen LogP contribution < -0.4 is 13.9 Å². The lowest BCUT2D eigenvalue weighted by atomic mass is 10.4. The van der Waals surface area contributed by atoms with Crippen LogP contribution in [0.1, 0.15) is 10.5 Å². The number of carbonyl (C=O) groups excluding carboxylic acids is 2. The Morgan fingerprint density at radius 3 is 2.22 bits per heavy atom. The number of aromatic nitrogens is 3. The molecule has 0 aliphatic rings. The summed E-state index contributed by atoms with van der Waals surface area (Å²) in [5.74, 6) is -0.487. The van der Waals surface area contributed by atoms with E-state index in [0.717, 1.165) is 21.0 Å². The summed E-state index contributed by atoms with van der Waals surface area (Å²) in [5.41, 5.74) is 0.743. The summed E-state index contributed by atoms with van der Waals surface area (Å²) < 4.78 is 25.3. The molecule has 2 amide bonds. The molecule has 0 aliphatic carbocycles. The van der Waals surface area contributed by atoms with Crippen LogP contribution in [0.3, 0.4) is 0 Å². The average Bonchev–Trinajstić information content (AvgIpc) is 3.02. The summed E-state index contributed by atoms with van der Waals surface area (Å²) in [6.45, 7) is 0. The van der Waals surface area contributed by atoms with Crippen molar-refractivity contribution < 1.29 is 27.0 Å². The van der Waals surface area contributed by atoms with Gasteiger partial charge in [0.1, 0.15) is 5.69 Å². The second-order valence-electron chi connectivity index (χ2n) is 6.15. The molecule has 0 aliphatic heterocycles. The van der Waals surface area contributed by atoms with Gasteiger partial charge in [-0.2, -0.15) is 18.3 Å². The third-order valence-electron chi connectivity index (χ3n) is 3.74. The molecule has 2 rings (SSSR count).